The van der Waals surface area contributed by atoms with Gasteiger partial charge in [-0.15, -0.1) is 0 Å². The molecule has 7 aromatic heterocycles. The minimum Gasteiger partial charge on any atom is -0.339 e. The molecule has 15 nitrogen and oxygen atoms in total. The number of nitrogens with zero attached hydrogens (tertiary/aromatic N) is 11. The average Bonchev–Trinajstić information content (AvgIpc) is 3.91. The van der Waals surface area contributed by atoms with E-state index in [1.165, 1.54) is 6.33 Å². The first-order valence-electron chi connectivity index (χ1n) is 14.0. The van der Waals surface area contributed by atoms with Crippen molar-refractivity contribution >= 4 is 72.9 Å². The lowest BCUT2D eigenvalue weighted by atomic mass is 10.2. The molecule has 0 fully saturated rings. The first-order chi connectivity index (χ1) is 22.3. The van der Waals surface area contributed by atoms with Gasteiger partial charge in [0.25, 0.3) is 0 Å². The summed E-state index contributed by atoms with van der Waals surface area (Å²) in [6.45, 7) is 0. The van der Waals surface area contributed by atoms with Crippen molar-refractivity contribution in [1.29, 1.82) is 0 Å². The van der Waals surface area contributed by atoms with E-state index in [1.807, 2.05) is 49.9 Å². The lowest BCUT2D eigenvalue weighted by Gasteiger charge is -2.15. The molecule has 10 rings (SSSR count). The molecular weight excluding hydrogens is 570 g/mol. The van der Waals surface area contributed by atoms with Crippen LogP contribution >= 0.6 is 0 Å². The number of aromatic amines is 2. The molecule has 0 spiro atoms. The molecule has 0 atom stereocenters. The third-order valence-electron chi connectivity index (χ3n) is 7.92. The fourth-order valence-electron chi connectivity index (χ4n) is 6.04. The fourth-order valence-corrected chi connectivity index (χ4v) is 6.04. The number of anilines is 4. The molecule has 4 N–H and O–H groups in total. The van der Waals surface area contributed by atoms with Crippen molar-refractivity contribution in [2.75, 3.05) is 10.6 Å². The molecule has 0 aliphatic rings. The van der Waals surface area contributed by atoms with Crippen molar-refractivity contribution in [3.63, 3.8) is 0 Å². The number of benzene rings is 2. The van der Waals surface area contributed by atoms with Gasteiger partial charge in [0, 0.05) is 10.8 Å². The van der Waals surface area contributed by atoms with Gasteiger partial charge >= 0.3 is 0 Å². The summed E-state index contributed by atoms with van der Waals surface area (Å²) in [5.41, 5.74) is 5.94. The van der Waals surface area contributed by atoms with Crippen LogP contribution in [0.1, 0.15) is 0 Å². The van der Waals surface area contributed by atoms with E-state index < -0.39 is 0 Å². The second-order valence-corrected chi connectivity index (χ2v) is 10.4. The Morgan fingerprint density at radius 1 is 0.578 bits per heavy atom. The van der Waals surface area contributed by atoms with E-state index in [9.17, 15) is 0 Å². The first kappa shape index (κ1) is 23.6. The zero-order valence-corrected chi connectivity index (χ0v) is 23.1. The molecule has 0 amide bonds. The van der Waals surface area contributed by atoms with Gasteiger partial charge in [0.1, 0.15) is 30.6 Å². The molecule has 0 saturated heterocycles. The summed E-state index contributed by atoms with van der Waals surface area (Å²) in [6, 6.07) is 16.0. The highest BCUT2D eigenvalue weighted by Crippen LogP contribution is 2.37. The maximum Gasteiger partial charge on any atom is 0.240 e. The van der Waals surface area contributed by atoms with E-state index in [0.717, 1.165) is 61.4 Å². The number of aromatic nitrogens is 13. The molecule has 0 unspecified atom stereocenters. The van der Waals surface area contributed by atoms with Gasteiger partial charge in [-0.2, -0.15) is 9.97 Å². The molecule has 3 aromatic carbocycles. The second-order valence-electron chi connectivity index (χ2n) is 10.4. The monoisotopic (exact) mass is 589 g/mol. The predicted octanol–water partition coefficient (Wildman–Crippen LogP) is 4.87. The van der Waals surface area contributed by atoms with Gasteiger partial charge in [-0.25, -0.2) is 34.3 Å². The highest BCUT2D eigenvalue weighted by Gasteiger charge is 2.23. The highest BCUT2D eigenvalue weighted by molar-refractivity contribution is 6.08. The molecule has 0 aliphatic heterocycles. The van der Waals surface area contributed by atoms with E-state index in [4.69, 9.17) is 19.9 Å². The van der Waals surface area contributed by atoms with Crippen molar-refractivity contribution in [2.45, 2.75) is 0 Å². The Kier molecular flexibility index (Phi) is 4.63. The fraction of sp³-hybridized carbons (Fsp3) is 0. The van der Waals surface area contributed by atoms with Crippen LogP contribution in [0.25, 0.3) is 61.5 Å². The zero-order chi connectivity index (χ0) is 29.5. The zero-order valence-electron chi connectivity index (χ0n) is 23.1. The predicted molar refractivity (Wildman–Crippen MR) is 168 cm³/mol. The van der Waals surface area contributed by atoms with Crippen LogP contribution in [0.5, 0.6) is 0 Å². The van der Waals surface area contributed by atoms with Crippen molar-refractivity contribution < 1.29 is 0 Å². The molecule has 45 heavy (non-hydrogen) atoms. The minimum atomic E-state index is 0.468. The van der Waals surface area contributed by atoms with Crippen molar-refractivity contribution in [1.82, 2.24) is 63.4 Å². The van der Waals surface area contributed by atoms with Crippen LogP contribution in [-0.4, -0.2) is 63.4 Å². The maximum atomic E-state index is 5.01. The number of imidazole rings is 4. The van der Waals surface area contributed by atoms with Crippen LogP contribution < -0.4 is 10.6 Å². The van der Waals surface area contributed by atoms with Crippen LogP contribution in [0, 0.1) is 0 Å². The van der Waals surface area contributed by atoms with E-state index in [-0.39, 0.29) is 0 Å². The van der Waals surface area contributed by atoms with Crippen molar-refractivity contribution in [3.05, 3.63) is 92.6 Å². The third kappa shape index (κ3) is 3.39. The summed E-state index contributed by atoms with van der Waals surface area (Å²) >= 11 is 0. The molecule has 0 radical (unpaired) electrons. The Morgan fingerprint density at radius 3 is 1.60 bits per heavy atom. The maximum absolute atomic E-state index is 5.01. The molecule has 7 heterocycles. The highest BCUT2D eigenvalue weighted by atomic mass is 15.2. The van der Waals surface area contributed by atoms with Crippen LogP contribution in [0.15, 0.2) is 92.6 Å². The summed E-state index contributed by atoms with van der Waals surface area (Å²) in [5, 5.41) is 8.62. The van der Waals surface area contributed by atoms with Crippen LogP contribution in [0.4, 0.5) is 23.0 Å². The normalized spacial score (nSPS) is 12.0. The van der Waals surface area contributed by atoms with Crippen molar-refractivity contribution in [2.24, 2.45) is 0 Å². The Balaban J connectivity index is 1.23. The number of hydrogen-bond acceptors (Lipinski definition) is 10. The number of hydrogen-bond donors (Lipinski definition) is 4. The number of nitrogens with one attached hydrogen (secondary N) is 4. The molecule has 0 bridgehead atoms. The summed E-state index contributed by atoms with van der Waals surface area (Å²) in [6.07, 6.45) is 11.8. The van der Waals surface area contributed by atoms with E-state index in [1.54, 1.807) is 37.7 Å². The summed E-state index contributed by atoms with van der Waals surface area (Å²) < 4.78 is 5.86. The lowest BCUT2D eigenvalue weighted by molar-refractivity contribution is 0.958. The summed E-state index contributed by atoms with van der Waals surface area (Å²) in [4.78, 5) is 43.0. The lowest BCUT2D eigenvalue weighted by Crippen LogP contribution is -2.10. The van der Waals surface area contributed by atoms with E-state index >= 15 is 0 Å². The number of para-hydroxylation sites is 2. The van der Waals surface area contributed by atoms with Gasteiger partial charge in [-0.05, 0) is 36.4 Å². The van der Waals surface area contributed by atoms with Crippen LogP contribution in [-0.2, 0) is 0 Å². The van der Waals surface area contributed by atoms with Gasteiger partial charge in [0.05, 0.1) is 64.0 Å². The Bertz CT molecular complexity index is 2480. The number of H-pyrrole nitrogens is 2. The van der Waals surface area contributed by atoms with Gasteiger partial charge in [0.15, 0.2) is 11.6 Å². The quantitative estimate of drug-likeness (QED) is 0.209. The largest absolute Gasteiger partial charge is 0.339 e. The molecule has 214 valence electrons. The number of rotatable bonds is 6. The number of fused-ring (bicyclic) bond motifs is 2. The summed E-state index contributed by atoms with van der Waals surface area (Å²) in [5.74, 6) is 3.83. The van der Waals surface area contributed by atoms with Gasteiger partial charge in [0.2, 0.25) is 11.6 Å². The van der Waals surface area contributed by atoms with E-state index in [0.29, 0.717) is 23.2 Å². The third-order valence-corrected chi connectivity index (χ3v) is 7.92. The SMILES string of the molecule is c1cc(Nc2cnc[nH]2)c2c(c1)ncn2-c1nc2ncnc3nc(-n4cnc5cccc(Nc6cnc[nH]6)c54)c4ccc1c4n23. The Labute approximate surface area is 251 Å². The van der Waals surface area contributed by atoms with Crippen LogP contribution in [0.2, 0.25) is 0 Å². The standard InChI is InChI=1S/C30H19N15/c1-3-18-25(20(5-1)39-22-9-31-11-33-22)43(14-37-18)27-16-7-8-17-24(16)45-29(41-27)35-13-36-30(45)42-28(17)44-15-38-19-4-2-6-21(26(19)44)40-23-10-32-12-34-23/h1-15,39-40H,(H,31,33)(H,32,34). The average molecular weight is 590 g/mol. The summed E-state index contributed by atoms with van der Waals surface area (Å²) in [7, 11) is 0. The molecular formula is C30H19N15. The van der Waals surface area contributed by atoms with E-state index in [2.05, 4.69) is 52.7 Å². The topological polar surface area (TPSA) is 173 Å². The van der Waals surface area contributed by atoms with Gasteiger partial charge in [-0.1, -0.05) is 12.1 Å². The first-order valence-corrected chi connectivity index (χ1v) is 14.0. The van der Waals surface area contributed by atoms with Gasteiger partial charge in [-0.3, -0.25) is 9.13 Å². The smallest absolute Gasteiger partial charge is 0.240 e. The van der Waals surface area contributed by atoms with Gasteiger partial charge < -0.3 is 20.6 Å². The van der Waals surface area contributed by atoms with Crippen molar-refractivity contribution in [3.8, 4) is 11.6 Å². The molecule has 0 aliphatic carbocycles. The Morgan fingerprint density at radius 2 is 1.11 bits per heavy atom. The molecule has 15 heteroatoms. The minimum absolute atomic E-state index is 0.468. The second kappa shape index (κ2) is 8.81. The Hall–Kier alpha value is -6.90. The van der Waals surface area contributed by atoms with Crippen LogP contribution in [0.3, 0.4) is 0 Å². The molecule has 10 aromatic rings. The molecule has 0 saturated carbocycles.